The molecule has 24 heavy (non-hydrogen) atoms. The lowest BCUT2D eigenvalue weighted by Crippen LogP contribution is -2.28. The first-order valence-corrected chi connectivity index (χ1v) is 7.18. The maximum absolute atomic E-state index is 12.8. The van der Waals surface area contributed by atoms with Crippen molar-refractivity contribution in [1.82, 2.24) is 10.3 Å². The van der Waals surface area contributed by atoms with E-state index in [0.29, 0.717) is 0 Å². The molecular weight excluding hydrogens is 323 g/mol. The van der Waals surface area contributed by atoms with E-state index in [1.807, 2.05) is 0 Å². The van der Waals surface area contributed by atoms with Crippen molar-refractivity contribution in [2.45, 2.75) is 19.6 Å². The normalized spacial score (nSPS) is 11.0. The largest absolute Gasteiger partial charge is 0.492 e. The molecule has 2 amide bonds. The summed E-state index contributed by atoms with van der Waals surface area (Å²) in [5.74, 6) is 0.169. The van der Waals surface area contributed by atoms with Crippen LogP contribution in [0.3, 0.4) is 0 Å². The number of nitrogens with one attached hydrogen (secondary N) is 2. The van der Waals surface area contributed by atoms with Gasteiger partial charge in [0.1, 0.15) is 5.75 Å². The van der Waals surface area contributed by atoms with E-state index < -0.39 is 17.8 Å². The third-order valence-electron chi connectivity index (χ3n) is 3.03. The zero-order valence-electron chi connectivity index (χ0n) is 12.9. The third kappa shape index (κ3) is 4.87. The summed E-state index contributed by atoms with van der Waals surface area (Å²) in [5.41, 5.74) is -0.148. The van der Waals surface area contributed by atoms with E-state index in [1.54, 1.807) is 31.5 Å². The first kappa shape index (κ1) is 17.6. The number of hydrogen-bond acceptors (Lipinski definition) is 3. The Hall–Kier alpha value is -2.77. The number of amides is 2. The molecule has 5 nitrogen and oxygen atoms in total. The molecule has 0 unspecified atom stereocenters. The third-order valence-corrected chi connectivity index (χ3v) is 3.03. The number of ether oxygens (including phenoxy) is 1. The summed E-state index contributed by atoms with van der Waals surface area (Å²) in [6.07, 6.45) is -1.33. The van der Waals surface area contributed by atoms with E-state index >= 15 is 0 Å². The highest BCUT2D eigenvalue weighted by molar-refractivity contribution is 5.91. The SMILES string of the molecule is CCOc1ccc(C(F)(F)F)cc1NC(=O)NCc1cccnc1. The van der Waals surface area contributed by atoms with Crippen LogP contribution in [0.2, 0.25) is 0 Å². The highest BCUT2D eigenvalue weighted by atomic mass is 19.4. The average Bonchev–Trinajstić information content (AvgIpc) is 2.55. The van der Waals surface area contributed by atoms with Crippen LogP contribution < -0.4 is 15.4 Å². The van der Waals surface area contributed by atoms with Crippen molar-refractivity contribution >= 4 is 11.7 Å². The van der Waals surface area contributed by atoms with Gasteiger partial charge in [0.25, 0.3) is 0 Å². The van der Waals surface area contributed by atoms with Crippen LogP contribution in [-0.2, 0) is 12.7 Å². The van der Waals surface area contributed by atoms with Gasteiger partial charge in [0, 0.05) is 18.9 Å². The summed E-state index contributed by atoms with van der Waals surface area (Å²) in [5, 5.41) is 4.93. The molecule has 0 spiro atoms. The van der Waals surface area contributed by atoms with Crippen LogP contribution in [0.4, 0.5) is 23.7 Å². The average molecular weight is 339 g/mol. The van der Waals surface area contributed by atoms with Crippen molar-refractivity contribution in [2.24, 2.45) is 0 Å². The number of carbonyl (C=O) groups is 1. The van der Waals surface area contributed by atoms with Gasteiger partial charge in [0.2, 0.25) is 0 Å². The minimum Gasteiger partial charge on any atom is -0.492 e. The van der Waals surface area contributed by atoms with Crippen LogP contribution in [0.5, 0.6) is 5.75 Å². The van der Waals surface area contributed by atoms with Gasteiger partial charge in [-0.3, -0.25) is 4.98 Å². The fourth-order valence-electron chi connectivity index (χ4n) is 1.94. The molecular formula is C16H16F3N3O2. The van der Waals surface area contributed by atoms with Crippen molar-refractivity contribution in [3.63, 3.8) is 0 Å². The highest BCUT2D eigenvalue weighted by Gasteiger charge is 2.31. The molecule has 0 atom stereocenters. The molecule has 2 rings (SSSR count). The number of alkyl halides is 3. The molecule has 2 N–H and O–H groups in total. The van der Waals surface area contributed by atoms with Crippen molar-refractivity contribution in [1.29, 1.82) is 0 Å². The second-order valence-corrected chi connectivity index (χ2v) is 4.81. The number of urea groups is 1. The molecule has 0 bridgehead atoms. The molecule has 0 radical (unpaired) electrons. The smallest absolute Gasteiger partial charge is 0.416 e. The number of rotatable bonds is 5. The minimum atomic E-state index is -4.51. The standard InChI is InChI=1S/C16H16F3N3O2/c1-2-24-14-6-5-12(16(17,18)19)8-13(14)22-15(23)21-10-11-4-3-7-20-9-11/h3-9H,2,10H2,1H3,(H2,21,22,23). The maximum Gasteiger partial charge on any atom is 0.416 e. The Kier molecular flexibility index (Phi) is 5.62. The zero-order valence-corrected chi connectivity index (χ0v) is 12.9. The fraction of sp³-hybridized carbons (Fsp3) is 0.250. The fourth-order valence-corrected chi connectivity index (χ4v) is 1.94. The highest BCUT2D eigenvalue weighted by Crippen LogP contribution is 2.35. The lowest BCUT2D eigenvalue weighted by atomic mass is 10.2. The van der Waals surface area contributed by atoms with Gasteiger partial charge in [-0.15, -0.1) is 0 Å². The second-order valence-electron chi connectivity index (χ2n) is 4.81. The Morgan fingerprint density at radius 1 is 1.29 bits per heavy atom. The van der Waals surface area contributed by atoms with Crippen LogP contribution >= 0.6 is 0 Å². The predicted molar refractivity (Wildman–Crippen MR) is 82.7 cm³/mol. The molecule has 8 heteroatoms. The van der Waals surface area contributed by atoms with Gasteiger partial charge in [-0.2, -0.15) is 13.2 Å². The van der Waals surface area contributed by atoms with E-state index in [9.17, 15) is 18.0 Å². The van der Waals surface area contributed by atoms with Gasteiger partial charge in [0.05, 0.1) is 17.9 Å². The molecule has 1 aromatic heterocycles. The van der Waals surface area contributed by atoms with E-state index in [1.165, 1.54) is 6.07 Å². The summed E-state index contributed by atoms with van der Waals surface area (Å²) < 4.78 is 43.7. The summed E-state index contributed by atoms with van der Waals surface area (Å²) in [6.45, 7) is 2.16. The van der Waals surface area contributed by atoms with Gasteiger partial charge in [-0.05, 0) is 36.8 Å². The number of hydrogen-bond donors (Lipinski definition) is 2. The molecule has 1 heterocycles. The van der Waals surface area contributed by atoms with E-state index in [2.05, 4.69) is 15.6 Å². The van der Waals surface area contributed by atoms with Gasteiger partial charge in [-0.25, -0.2) is 4.79 Å². The molecule has 0 saturated carbocycles. The van der Waals surface area contributed by atoms with Crippen LogP contribution in [0.15, 0.2) is 42.7 Å². The Balaban J connectivity index is 2.09. The Morgan fingerprint density at radius 3 is 2.71 bits per heavy atom. The molecule has 0 aliphatic heterocycles. The van der Waals surface area contributed by atoms with Gasteiger partial charge >= 0.3 is 12.2 Å². The lowest BCUT2D eigenvalue weighted by Gasteiger charge is -2.15. The first-order chi connectivity index (χ1) is 11.4. The first-order valence-electron chi connectivity index (χ1n) is 7.18. The van der Waals surface area contributed by atoms with Crippen molar-refractivity contribution in [2.75, 3.05) is 11.9 Å². The molecule has 0 saturated heterocycles. The zero-order chi connectivity index (χ0) is 17.6. The van der Waals surface area contributed by atoms with E-state index in [4.69, 9.17) is 4.74 Å². The molecule has 0 fully saturated rings. The van der Waals surface area contributed by atoms with Crippen molar-refractivity contribution < 1.29 is 22.7 Å². The molecule has 128 valence electrons. The van der Waals surface area contributed by atoms with E-state index in [-0.39, 0.29) is 24.6 Å². The summed E-state index contributed by atoms with van der Waals surface area (Å²) in [6, 6.07) is 5.78. The Bertz CT molecular complexity index is 691. The molecule has 0 aliphatic carbocycles. The van der Waals surface area contributed by atoms with Gasteiger partial charge < -0.3 is 15.4 Å². The monoisotopic (exact) mass is 339 g/mol. The van der Waals surface area contributed by atoms with E-state index in [0.717, 1.165) is 17.7 Å². The number of benzene rings is 1. The quantitative estimate of drug-likeness (QED) is 0.870. The minimum absolute atomic E-state index is 0.0460. The number of pyridine rings is 1. The second kappa shape index (κ2) is 7.67. The topological polar surface area (TPSA) is 63.2 Å². The Labute approximate surface area is 136 Å². The lowest BCUT2D eigenvalue weighted by molar-refractivity contribution is -0.137. The van der Waals surface area contributed by atoms with Crippen LogP contribution in [0, 0.1) is 0 Å². The molecule has 1 aromatic carbocycles. The number of aromatic nitrogens is 1. The molecule has 2 aromatic rings. The Morgan fingerprint density at radius 2 is 2.08 bits per heavy atom. The number of halogens is 3. The summed E-state index contributed by atoms with van der Waals surface area (Å²) in [7, 11) is 0. The van der Waals surface area contributed by atoms with Crippen molar-refractivity contribution in [3.8, 4) is 5.75 Å². The van der Waals surface area contributed by atoms with Gasteiger partial charge in [0.15, 0.2) is 0 Å². The maximum atomic E-state index is 12.8. The van der Waals surface area contributed by atoms with Gasteiger partial charge in [-0.1, -0.05) is 6.07 Å². The summed E-state index contributed by atoms with van der Waals surface area (Å²) in [4.78, 5) is 15.8. The number of carbonyl (C=O) groups excluding carboxylic acids is 1. The van der Waals surface area contributed by atoms with Crippen molar-refractivity contribution in [3.05, 3.63) is 53.9 Å². The summed E-state index contributed by atoms with van der Waals surface area (Å²) >= 11 is 0. The number of anilines is 1. The van der Waals surface area contributed by atoms with Crippen LogP contribution in [0.1, 0.15) is 18.1 Å². The van der Waals surface area contributed by atoms with Crippen LogP contribution in [0.25, 0.3) is 0 Å². The molecule has 0 aliphatic rings. The predicted octanol–water partition coefficient (Wildman–Crippen LogP) is 3.82. The number of nitrogens with zero attached hydrogens (tertiary/aromatic N) is 1. The van der Waals surface area contributed by atoms with Crippen LogP contribution in [-0.4, -0.2) is 17.6 Å².